The Labute approximate surface area is 172 Å². The Hall–Kier alpha value is -3.88. The molecule has 1 heterocycles. The molecule has 156 valence electrons. The molecule has 1 aliphatic heterocycles. The number of hydrogen-bond acceptors (Lipinski definition) is 7. The van der Waals surface area contributed by atoms with Gasteiger partial charge in [-0.3, -0.25) is 19.3 Å². The average molecular weight is 412 g/mol. The maximum absolute atomic E-state index is 12.4. The lowest BCUT2D eigenvalue weighted by Crippen LogP contribution is -2.44. The minimum Gasteiger partial charge on any atom is -0.497 e. The summed E-state index contributed by atoms with van der Waals surface area (Å²) in [6.45, 7) is 0.774. The Balaban J connectivity index is 1.60. The maximum Gasteiger partial charge on any atom is 0.329 e. The van der Waals surface area contributed by atoms with E-state index in [1.165, 1.54) is 33.3 Å². The molecule has 0 unspecified atom stereocenters. The number of anilines is 1. The first-order chi connectivity index (χ1) is 14.4. The van der Waals surface area contributed by atoms with Gasteiger partial charge in [0, 0.05) is 6.07 Å². The zero-order valence-electron chi connectivity index (χ0n) is 16.6. The summed E-state index contributed by atoms with van der Waals surface area (Å²) >= 11 is 0. The number of nitrogens with one attached hydrogen (secondary N) is 1. The summed E-state index contributed by atoms with van der Waals surface area (Å²) in [7, 11) is 2.94. The Morgan fingerprint density at radius 1 is 1.00 bits per heavy atom. The quantitative estimate of drug-likeness (QED) is 0.546. The second-order valence-electron chi connectivity index (χ2n) is 6.42. The molecule has 2 aromatic rings. The molecule has 0 radical (unpaired) electrons. The highest BCUT2D eigenvalue weighted by Gasteiger charge is 2.41. The second-order valence-corrected chi connectivity index (χ2v) is 6.42. The van der Waals surface area contributed by atoms with E-state index in [-0.39, 0.29) is 11.1 Å². The molecule has 30 heavy (non-hydrogen) atoms. The van der Waals surface area contributed by atoms with Gasteiger partial charge in [-0.25, -0.2) is 4.79 Å². The SMILES string of the molecule is COc1ccc(NC(=O)COC(=O)[C@H](C)N2C(=O)c3ccccc3C2=O)c(OC)c1. The van der Waals surface area contributed by atoms with Crippen LogP contribution in [0.3, 0.4) is 0 Å². The number of ether oxygens (including phenoxy) is 3. The van der Waals surface area contributed by atoms with E-state index in [1.807, 2.05) is 0 Å². The van der Waals surface area contributed by atoms with Crippen LogP contribution in [0.15, 0.2) is 42.5 Å². The first kappa shape index (κ1) is 20.8. The van der Waals surface area contributed by atoms with Crippen molar-refractivity contribution < 1.29 is 33.4 Å². The highest BCUT2D eigenvalue weighted by molar-refractivity contribution is 6.22. The van der Waals surface area contributed by atoms with E-state index in [2.05, 4.69) is 5.32 Å². The van der Waals surface area contributed by atoms with Crippen molar-refractivity contribution in [1.82, 2.24) is 4.90 Å². The first-order valence-corrected chi connectivity index (χ1v) is 9.02. The van der Waals surface area contributed by atoms with Crippen molar-refractivity contribution in [1.29, 1.82) is 0 Å². The van der Waals surface area contributed by atoms with Crippen molar-refractivity contribution >= 4 is 29.4 Å². The van der Waals surface area contributed by atoms with Crippen LogP contribution in [0.1, 0.15) is 27.6 Å². The van der Waals surface area contributed by atoms with Crippen LogP contribution < -0.4 is 14.8 Å². The predicted octanol–water partition coefficient (Wildman–Crippen LogP) is 1.87. The molecule has 0 saturated carbocycles. The third-order valence-electron chi connectivity index (χ3n) is 4.58. The summed E-state index contributed by atoms with van der Waals surface area (Å²) in [4.78, 5) is 50.2. The molecule has 0 aliphatic carbocycles. The standard InChI is InChI=1S/C21H20N2O7/c1-12(23-19(25)14-6-4-5-7-15(14)20(23)26)21(27)30-11-18(24)22-16-9-8-13(28-2)10-17(16)29-3/h4-10,12H,11H2,1-3H3,(H,22,24)/t12-/m0/s1. The molecule has 0 aromatic heterocycles. The average Bonchev–Trinajstić information content (AvgIpc) is 3.02. The van der Waals surface area contributed by atoms with Crippen molar-refractivity contribution in [2.75, 3.05) is 26.1 Å². The smallest absolute Gasteiger partial charge is 0.329 e. The van der Waals surface area contributed by atoms with E-state index in [4.69, 9.17) is 14.2 Å². The lowest BCUT2D eigenvalue weighted by Gasteiger charge is -2.20. The molecule has 0 bridgehead atoms. The van der Waals surface area contributed by atoms with Crippen LogP contribution >= 0.6 is 0 Å². The van der Waals surface area contributed by atoms with Crippen molar-refractivity contribution in [3.05, 3.63) is 53.6 Å². The number of fused-ring (bicyclic) bond motifs is 1. The Morgan fingerprint density at radius 3 is 2.20 bits per heavy atom. The van der Waals surface area contributed by atoms with Gasteiger partial charge in [0.25, 0.3) is 17.7 Å². The molecule has 9 heteroatoms. The predicted molar refractivity (Wildman–Crippen MR) is 106 cm³/mol. The fourth-order valence-corrected chi connectivity index (χ4v) is 3.01. The number of rotatable bonds is 7. The number of carbonyl (C=O) groups excluding carboxylic acids is 4. The van der Waals surface area contributed by atoms with Crippen molar-refractivity contribution in [2.24, 2.45) is 0 Å². The number of hydrogen-bond donors (Lipinski definition) is 1. The highest BCUT2D eigenvalue weighted by atomic mass is 16.5. The van der Waals surface area contributed by atoms with Gasteiger partial charge in [-0.1, -0.05) is 12.1 Å². The molecule has 1 aliphatic rings. The van der Waals surface area contributed by atoms with Crippen LogP contribution in [0, 0.1) is 0 Å². The highest BCUT2D eigenvalue weighted by Crippen LogP contribution is 2.29. The minimum atomic E-state index is -1.18. The normalized spacial score (nSPS) is 13.5. The number of benzene rings is 2. The van der Waals surface area contributed by atoms with Crippen molar-refractivity contribution in [2.45, 2.75) is 13.0 Å². The van der Waals surface area contributed by atoms with Gasteiger partial charge in [0.05, 0.1) is 31.0 Å². The molecule has 1 N–H and O–H groups in total. The summed E-state index contributed by atoms with van der Waals surface area (Å²) in [6.07, 6.45) is 0. The van der Waals surface area contributed by atoms with Crippen LogP contribution in [0.4, 0.5) is 5.69 Å². The summed E-state index contributed by atoms with van der Waals surface area (Å²) < 4.78 is 15.3. The van der Waals surface area contributed by atoms with Crippen LogP contribution in [0.2, 0.25) is 0 Å². The van der Waals surface area contributed by atoms with E-state index in [1.54, 1.807) is 30.3 Å². The fraction of sp³-hybridized carbons (Fsp3) is 0.238. The van der Waals surface area contributed by atoms with Gasteiger partial charge < -0.3 is 19.5 Å². The molecule has 2 aromatic carbocycles. The van der Waals surface area contributed by atoms with Gasteiger partial charge in [0.15, 0.2) is 6.61 Å². The zero-order chi connectivity index (χ0) is 21.8. The molecule has 0 spiro atoms. The topological polar surface area (TPSA) is 111 Å². The number of nitrogens with zero attached hydrogens (tertiary/aromatic N) is 1. The van der Waals surface area contributed by atoms with E-state index < -0.39 is 36.3 Å². The van der Waals surface area contributed by atoms with Gasteiger partial charge in [-0.05, 0) is 31.2 Å². The van der Waals surface area contributed by atoms with E-state index >= 15 is 0 Å². The maximum atomic E-state index is 12.4. The monoisotopic (exact) mass is 412 g/mol. The van der Waals surface area contributed by atoms with Crippen LogP contribution in [-0.4, -0.2) is 55.5 Å². The van der Waals surface area contributed by atoms with Gasteiger partial charge >= 0.3 is 5.97 Å². The lowest BCUT2D eigenvalue weighted by molar-refractivity contribution is -0.150. The molecule has 9 nitrogen and oxygen atoms in total. The van der Waals surface area contributed by atoms with Crippen LogP contribution in [-0.2, 0) is 14.3 Å². The molecule has 3 amide bonds. The molecule has 3 rings (SSSR count). The minimum absolute atomic E-state index is 0.228. The first-order valence-electron chi connectivity index (χ1n) is 9.02. The van der Waals surface area contributed by atoms with Crippen LogP contribution in [0.25, 0.3) is 0 Å². The number of imide groups is 1. The van der Waals surface area contributed by atoms with Crippen molar-refractivity contribution in [3.8, 4) is 11.5 Å². The Bertz CT molecular complexity index is 983. The molecular weight excluding hydrogens is 392 g/mol. The Kier molecular flexibility index (Phi) is 6.01. The molecule has 0 fully saturated rings. The van der Waals surface area contributed by atoms with Crippen molar-refractivity contribution in [3.63, 3.8) is 0 Å². The Morgan fingerprint density at radius 2 is 1.63 bits per heavy atom. The summed E-state index contributed by atoms with van der Waals surface area (Å²) in [5, 5.41) is 2.56. The zero-order valence-corrected chi connectivity index (χ0v) is 16.6. The van der Waals surface area contributed by atoms with Crippen LogP contribution in [0.5, 0.6) is 11.5 Å². The van der Waals surface area contributed by atoms with Gasteiger partial charge in [-0.2, -0.15) is 0 Å². The van der Waals surface area contributed by atoms with Gasteiger partial charge in [-0.15, -0.1) is 0 Å². The van der Waals surface area contributed by atoms with Gasteiger partial charge in [0.1, 0.15) is 17.5 Å². The molecule has 1 atom stereocenters. The molecular formula is C21H20N2O7. The largest absolute Gasteiger partial charge is 0.497 e. The second kappa shape index (κ2) is 8.64. The third kappa shape index (κ3) is 3.95. The number of carbonyl (C=O) groups is 4. The number of amides is 3. The number of methoxy groups -OCH3 is 2. The van der Waals surface area contributed by atoms with E-state index in [0.717, 1.165) is 4.90 Å². The number of esters is 1. The molecule has 0 saturated heterocycles. The fourth-order valence-electron chi connectivity index (χ4n) is 3.01. The third-order valence-corrected chi connectivity index (χ3v) is 4.58. The summed E-state index contributed by atoms with van der Waals surface area (Å²) in [6, 6.07) is 9.93. The van der Waals surface area contributed by atoms with E-state index in [9.17, 15) is 19.2 Å². The lowest BCUT2D eigenvalue weighted by atomic mass is 10.1. The van der Waals surface area contributed by atoms with E-state index in [0.29, 0.717) is 17.2 Å². The van der Waals surface area contributed by atoms with Gasteiger partial charge in [0.2, 0.25) is 0 Å². The summed E-state index contributed by atoms with van der Waals surface area (Å²) in [5.41, 5.74) is 0.825. The summed E-state index contributed by atoms with van der Waals surface area (Å²) in [5.74, 6) is -1.72.